The first-order valence-corrected chi connectivity index (χ1v) is 9.24. The van der Waals surface area contributed by atoms with Gasteiger partial charge in [0, 0.05) is 5.56 Å². The van der Waals surface area contributed by atoms with Crippen molar-refractivity contribution < 1.29 is 21.6 Å². The summed E-state index contributed by atoms with van der Waals surface area (Å²) in [7, 11) is -7.82. The minimum atomic E-state index is -3.95. The summed E-state index contributed by atoms with van der Waals surface area (Å²) in [5.41, 5.74) is 5.24. The predicted molar refractivity (Wildman–Crippen MR) is 76.1 cm³/mol. The number of sulfone groups is 1. The van der Waals surface area contributed by atoms with Gasteiger partial charge in [0.05, 0.1) is 4.90 Å². The van der Waals surface area contributed by atoms with E-state index in [0.29, 0.717) is 11.3 Å². The third kappa shape index (κ3) is 3.13. The number of benzene rings is 1. The Kier molecular flexibility index (Phi) is 3.89. The van der Waals surface area contributed by atoms with Gasteiger partial charge >= 0.3 is 0 Å². The van der Waals surface area contributed by atoms with Gasteiger partial charge in [0.2, 0.25) is 25.8 Å². The zero-order valence-corrected chi connectivity index (χ0v) is 12.8. The first-order chi connectivity index (χ1) is 9.62. The fourth-order valence-electron chi connectivity index (χ4n) is 1.52. The Bertz CT molecular complexity index is 896. The molecule has 112 valence electrons. The summed E-state index contributed by atoms with van der Waals surface area (Å²) >= 11 is 0.560. The highest BCUT2D eigenvalue weighted by Gasteiger charge is 2.22. The average molecular weight is 346 g/mol. The molecule has 10 heteroatoms. The van der Waals surface area contributed by atoms with Crippen LogP contribution >= 0.6 is 11.3 Å². The van der Waals surface area contributed by atoms with Crippen LogP contribution in [0.15, 0.2) is 49.7 Å². The van der Waals surface area contributed by atoms with Crippen LogP contribution < -0.4 is 10.9 Å². The second-order valence-corrected chi connectivity index (χ2v) is 9.06. The van der Waals surface area contributed by atoms with Gasteiger partial charge in [-0.05, 0) is 36.4 Å². The Labute approximate surface area is 125 Å². The number of carbonyl (C=O) groups excluding carboxylic acids is 1. The number of sulfonamides is 1. The van der Waals surface area contributed by atoms with Crippen LogP contribution in [0.1, 0.15) is 10.4 Å². The number of primary sulfonamides is 1. The molecule has 0 saturated carbocycles. The molecule has 4 N–H and O–H groups in total. The van der Waals surface area contributed by atoms with Crippen LogP contribution in [0.25, 0.3) is 0 Å². The summed E-state index contributed by atoms with van der Waals surface area (Å²) in [5, 5.41) is 4.94. The predicted octanol–water partition coefficient (Wildman–Crippen LogP) is 0.327. The van der Waals surface area contributed by atoms with Crippen molar-refractivity contribution >= 4 is 37.1 Å². The molecule has 0 radical (unpaired) electrons. The molecular formula is C11H10N2O5S3. The molecule has 1 aromatic carbocycles. The zero-order valence-electron chi connectivity index (χ0n) is 10.4. The molecule has 1 amide bonds. The van der Waals surface area contributed by atoms with Gasteiger partial charge in [-0.25, -0.2) is 22.0 Å². The number of nitrogens with two attached hydrogens (primary N) is 2. The summed E-state index contributed by atoms with van der Waals surface area (Å²) in [5.74, 6) is -0.674. The number of hydrogen-bond acceptors (Lipinski definition) is 6. The maximum absolute atomic E-state index is 12.3. The van der Waals surface area contributed by atoms with E-state index in [1.807, 2.05) is 0 Å². The van der Waals surface area contributed by atoms with E-state index in [9.17, 15) is 21.6 Å². The molecular weight excluding hydrogens is 336 g/mol. The van der Waals surface area contributed by atoms with Gasteiger partial charge in [-0.2, -0.15) is 0 Å². The maximum Gasteiger partial charge on any atom is 0.248 e. The van der Waals surface area contributed by atoms with E-state index in [0.717, 1.165) is 6.07 Å². The molecule has 7 nitrogen and oxygen atoms in total. The van der Waals surface area contributed by atoms with E-state index < -0.39 is 25.8 Å². The molecule has 0 aliphatic carbocycles. The molecule has 0 unspecified atom stereocenters. The van der Waals surface area contributed by atoms with Crippen LogP contribution in [-0.2, 0) is 19.9 Å². The van der Waals surface area contributed by atoms with Crippen LogP contribution in [0.2, 0.25) is 0 Å². The summed E-state index contributed by atoms with van der Waals surface area (Å²) in [4.78, 5) is 10.9. The number of rotatable bonds is 4. The third-order valence-electron chi connectivity index (χ3n) is 2.55. The van der Waals surface area contributed by atoms with Crippen molar-refractivity contribution in [3.8, 4) is 0 Å². The molecule has 2 rings (SSSR count). The van der Waals surface area contributed by atoms with E-state index in [4.69, 9.17) is 10.9 Å². The second-order valence-electron chi connectivity index (χ2n) is 4.01. The van der Waals surface area contributed by atoms with Gasteiger partial charge in [0.15, 0.2) is 0 Å². The summed E-state index contributed by atoms with van der Waals surface area (Å²) in [6.07, 6.45) is 0. The van der Waals surface area contributed by atoms with Crippen molar-refractivity contribution in [2.45, 2.75) is 13.3 Å². The monoisotopic (exact) mass is 346 g/mol. The standard InChI is InChI=1S/C11H10N2O5S3/c12-11(14)7-1-3-8(4-2-7)20(15,16)9-5-6-10(19-9)21(13,17)18/h1-6H,(H2,12,14)(H2,13,17,18). The minimum absolute atomic E-state index is 0.0738. The quantitative estimate of drug-likeness (QED) is 0.821. The lowest BCUT2D eigenvalue weighted by molar-refractivity contribution is 0.1000. The number of carbonyl (C=O) groups is 1. The first kappa shape index (κ1) is 15.6. The van der Waals surface area contributed by atoms with Crippen LogP contribution in [-0.4, -0.2) is 22.7 Å². The maximum atomic E-state index is 12.3. The van der Waals surface area contributed by atoms with Gasteiger partial charge in [0.1, 0.15) is 8.42 Å². The first-order valence-electron chi connectivity index (χ1n) is 5.40. The van der Waals surface area contributed by atoms with E-state index in [1.54, 1.807) is 0 Å². The minimum Gasteiger partial charge on any atom is -0.366 e. The Morgan fingerprint density at radius 1 is 0.905 bits per heavy atom. The Morgan fingerprint density at radius 2 is 1.43 bits per heavy atom. The topological polar surface area (TPSA) is 137 Å². The SMILES string of the molecule is NC(=O)c1ccc(S(=O)(=O)c2ccc(S(N)(=O)=O)s2)cc1. The van der Waals surface area contributed by atoms with Crippen molar-refractivity contribution in [2.75, 3.05) is 0 Å². The summed E-state index contributed by atoms with van der Waals surface area (Å²) in [6, 6.07) is 7.32. The molecule has 0 fully saturated rings. The molecule has 21 heavy (non-hydrogen) atoms. The lowest BCUT2D eigenvalue weighted by Crippen LogP contribution is -2.11. The van der Waals surface area contributed by atoms with Crippen molar-refractivity contribution in [1.29, 1.82) is 0 Å². The molecule has 0 aliphatic rings. The second kappa shape index (κ2) is 5.22. The Morgan fingerprint density at radius 3 is 1.86 bits per heavy atom. The van der Waals surface area contributed by atoms with E-state index >= 15 is 0 Å². The fraction of sp³-hybridized carbons (Fsp3) is 0. The van der Waals surface area contributed by atoms with Crippen LogP contribution in [0.5, 0.6) is 0 Å². The molecule has 0 saturated heterocycles. The smallest absolute Gasteiger partial charge is 0.248 e. The van der Waals surface area contributed by atoms with Gasteiger partial charge in [-0.3, -0.25) is 4.79 Å². The summed E-state index contributed by atoms with van der Waals surface area (Å²) < 4.78 is 46.6. The van der Waals surface area contributed by atoms with Crippen molar-refractivity contribution in [3.05, 3.63) is 42.0 Å². The number of amides is 1. The van der Waals surface area contributed by atoms with E-state index in [-0.39, 0.29) is 18.9 Å². The normalized spacial score (nSPS) is 12.2. The number of primary amides is 1. The molecule has 0 aliphatic heterocycles. The highest BCUT2D eigenvalue weighted by Crippen LogP contribution is 2.29. The Hall–Kier alpha value is -1.75. The number of thiophene rings is 1. The van der Waals surface area contributed by atoms with E-state index in [2.05, 4.69) is 0 Å². The van der Waals surface area contributed by atoms with Gasteiger partial charge in [-0.1, -0.05) is 0 Å². The number of hydrogen-bond donors (Lipinski definition) is 2. The van der Waals surface area contributed by atoms with E-state index in [1.165, 1.54) is 30.3 Å². The molecule has 2 aromatic rings. The third-order valence-corrected chi connectivity index (χ3v) is 7.34. The van der Waals surface area contributed by atoms with Crippen molar-refractivity contribution in [3.63, 3.8) is 0 Å². The fourth-order valence-corrected chi connectivity index (χ4v) is 5.11. The molecule has 0 atom stereocenters. The van der Waals surface area contributed by atoms with Gasteiger partial charge in [-0.15, -0.1) is 11.3 Å². The highest BCUT2D eigenvalue weighted by molar-refractivity contribution is 7.95. The van der Waals surface area contributed by atoms with Gasteiger partial charge in [0.25, 0.3) is 0 Å². The molecule has 0 bridgehead atoms. The van der Waals surface area contributed by atoms with Crippen LogP contribution in [0.3, 0.4) is 0 Å². The lowest BCUT2D eigenvalue weighted by atomic mass is 10.2. The largest absolute Gasteiger partial charge is 0.366 e. The summed E-state index contributed by atoms with van der Waals surface area (Å²) in [6.45, 7) is 0. The highest BCUT2D eigenvalue weighted by atomic mass is 32.3. The molecule has 1 aromatic heterocycles. The Balaban J connectivity index is 2.47. The lowest BCUT2D eigenvalue weighted by Gasteiger charge is -2.02. The molecule has 1 heterocycles. The van der Waals surface area contributed by atoms with Crippen molar-refractivity contribution in [1.82, 2.24) is 0 Å². The van der Waals surface area contributed by atoms with Gasteiger partial charge < -0.3 is 5.73 Å². The van der Waals surface area contributed by atoms with Crippen LogP contribution in [0.4, 0.5) is 0 Å². The zero-order chi connectivity index (χ0) is 15.8. The molecule has 0 spiro atoms. The average Bonchev–Trinajstić information content (AvgIpc) is 2.89. The van der Waals surface area contributed by atoms with Crippen LogP contribution in [0, 0.1) is 0 Å². The van der Waals surface area contributed by atoms with Crippen molar-refractivity contribution in [2.24, 2.45) is 10.9 Å².